The Morgan fingerprint density at radius 1 is 1.22 bits per heavy atom. The Kier molecular flexibility index (Phi) is 4.72. The van der Waals surface area contributed by atoms with Gasteiger partial charge in [-0.05, 0) is 45.2 Å². The van der Waals surface area contributed by atoms with Gasteiger partial charge in [0.25, 0.3) is 0 Å². The zero-order chi connectivity index (χ0) is 13.8. The van der Waals surface area contributed by atoms with Crippen LogP contribution in [0.5, 0.6) is 0 Å². The Labute approximate surface area is 109 Å². The van der Waals surface area contributed by atoms with Gasteiger partial charge in [-0.15, -0.1) is 0 Å². The van der Waals surface area contributed by atoms with Gasteiger partial charge >= 0.3 is 0 Å². The van der Waals surface area contributed by atoms with E-state index in [0.717, 1.165) is 5.69 Å². The third-order valence-electron chi connectivity index (χ3n) is 2.42. The quantitative estimate of drug-likeness (QED) is 0.822. The summed E-state index contributed by atoms with van der Waals surface area (Å²) in [6, 6.07) is 6.61. The van der Waals surface area contributed by atoms with Gasteiger partial charge in [0, 0.05) is 12.8 Å². The smallest absolute Gasteiger partial charge is 0.240 e. The third-order valence-corrected chi connectivity index (χ3v) is 3.85. The maximum atomic E-state index is 11.5. The summed E-state index contributed by atoms with van der Waals surface area (Å²) in [6.07, 6.45) is 0. The standard InChI is InChI=1S/C12H20N2O3S/c1-12(2,9-17-4)14-10-5-7-11(8-6-10)18(15,16)13-3/h5-8,13-14H,9H2,1-4H3. The molecular weight excluding hydrogens is 252 g/mol. The van der Waals surface area contributed by atoms with Crippen LogP contribution >= 0.6 is 0 Å². The molecule has 18 heavy (non-hydrogen) atoms. The van der Waals surface area contributed by atoms with E-state index in [1.54, 1.807) is 31.4 Å². The lowest BCUT2D eigenvalue weighted by molar-refractivity contribution is 0.158. The highest BCUT2D eigenvalue weighted by Crippen LogP contribution is 2.18. The molecule has 0 aliphatic rings. The molecule has 0 aromatic heterocycles. The number of hydrogen-bond acceptors (Lipinski definition) is 4. The van der Waals surface area contributed by atoms with E-state index in [0.29, 0.717) is 6.61 Å². The summed E-state index contributed by atoms with van der Waals surface area (Å²) in [4.78, 5) is 0.250. The first-order valence-corrected chi connectivity index (χ1v) is 7.10. The number of nitrogens with one attached hydrogen (secondary N) is 2. The molecule has 0 unspecified atom stereocenters. The highest BCUT2D eigenvalue weighted by atomic mass is 32.2. The topological polar surface area (TPSA) is 67.4 Å². The molecule has 5 nitrogen and oxygen atoms in total. The minimum atomic E-state index is -3.37. The summed E-state index contributed by atoms with van der Waals surface area (Å²) in [6.45, 7) is 4.58. The lowest BCUT2D eigenvalue weighted by atomic mass is 10.1. The lowest BCUT2D eigenvalue weighted by Gasteiger charge is -2.26. The molecule has 1 rings (SSSR count). The van der Waals surface area contributed by atoms with Crippen molar-refractivity contribution in [2.24, 2.45) is 0 Å². The summed E-state index contributed by atoms with van der Waals surface area (Å²) in [5, 5.41) is 3.28. The van der Waals surface area contributed by atoms with Gasteiger partial charge in [-0.1, -0.05) is 0 Å². The number of hydrogen-bond donors (Lipinski definition) is 2. The maximum absolute atomic E-state index is 11.5. The second-order valence-electron chi connectivity index (χ2n) is 4.67. The van der Waals surface area contributed by atoms with Crippen LogP contribution in [0.1, 0.15) is 13.8 Å². The molecule has 0 aliphatic heterocycles. The Morgan fingerprint density at radius 2 is 1.78 bits per heavy atom. The van der Waals surface area contributed by atoms with E-state index in [1.165, 1.54) is 7.05 Å². The van der Waals surface area contributed by atoms with Gasteiger partial charge < -0.3 is 10.1 Å². The van der Waals surface area contributed by atoms with Crippen molar-refractivity contribution in [3.8, 4) is 0 Å². The third kappa shape index (κ3) is 3.97. The predicted octanol–water partition coefficient (Wildman–Crippen LogP) is 1.43. The molecule has 0 aliphatic carbocycles. The minimum Gasteiger partial charge on any atom is -0.382 e. The largest absolute Gasteiger partial charge is 0.382 e. The fourth-order valence-electron chi connectivity index (χ4n) is 1.62. The van der Waals surface area contributed by atoms with Gasteiger partial charge in [0.1, 0.15) is 0 Å². The first kappa shape index (κ1) is 14.9. The van der Waals surface area contributed by atoms with Gasteiger partial charge in [0.2, 0.25) is 10.0 Å². The van der Waals surface area contributed by atoms with E-state index in [2.05, 4.69) is 10.0 Å². The van der Waals surface area contributed by atoms with E-state index >= 15 is 0 Å². The summed E-state index contributed by atoms with van der Waals surface area (Å²) in [5.41, 5.74) is 0.644. The van der Waals surface area contributed by atoms with Crippen molar-refractivity contribution in [3.63, 3.8) is 0 Å². The lowest BCUT2D eigenvalue weighted by Crippen LogP contribution is -2.35. The Hall–Kier alpha value is -1.11. The molecule has 0 saturated carbocycles. The molecule has 0 fully saturated rings. The normalized spacial score (nSPS) is 12.4. The summed E-state index contributed by atoms with van der Waals surface area (Å²) in [7, 11) is -0.334. The number of methoxy groups -OCH3 is 1. The van der Waals surface area contributed by atoms with Crippen molar-refractivity contribution in [1.82, 2.24) is 4.72 Å². The van der Waals surface area contributed by atoms with Crippen molar-refractivity contribution >= 4 is 15.7 Å². The van der Waals surface area contributed by atoms with Crippen LogP contribution in [0.3, 0.4) is 0 Å². The zero-order valence-electron chi connectivity index (χ0n) is 11.1. The van der Waals surface area contributed by atoms with Gasteiger partial charge in [-0.2, -0.15) is 0 Å². The fraction of sp³-hybridized carbons (Fsp3) is 0.500. The first-order valence-electron chi connectivity index (χ1n) is 5.61. The summed E-state index contributed by atoms with van der Waals surface area (Å²) < 4.78 is 30.5. The van der Waals surface area contributed by atoms with Crippen LogP contribution in [0, 0.1) is 0 Å². The van der Waals surface area contributed by atoms with Gasteiger partial charge in [-0.25, -0.2) is 13.1 Å². The molecule has 0 amide bonds. The molecule has 0 heterocycles. The van der Waals surface area contributed by atoms with Crippen molar-refractivity contribution in [2.45, 2.75) is 24.3 Å². The number of ether oxygens (including phenoxy) is 1. The van der Waals surface area contributed by atoms with Crippen molar-refractivity contribution in [1.29, 1.82) is 0 Å². The molecule has 0 saturated heterocycles. The van der Waals surface area contributed by atoms with E-state index in [4.69, 9.17) is 4.74 Å². The van der Waals surface area contributed by atoms with E-state index < -0.39 is 10.0 Å². The zero-order valence-corrected chi connectivity index (χ0v) is 12.0. The predicted molar refractivity (Wildman–Crippen MR) is 72.3 cm³/mol. The molecule has 2 N–H and O–H groups in total. The monoisotopic (exact) mass is 272 g/mol. The number of benzene rings is 1. The van der Waals surface area contributed by atoms with Crippen molar-refractivity contribution in [2.75, 3.05) is 26.1 Å². The maximum Gasteiger partial charge on any atom is 0.240 e. The van der Waals surface area contributed by atoms with Crippen LogP contribution in [0.2, 0.25) is 0 Å². The Bertz CT molecular complexity index is 481. The summed E-state index contributed by atoms with van der Waals surface area (Å²) in [5.74, 6) is 0. The van der Waals surface area contributed by atoms with E-state index in [9.17, 15) is 8.42 Å². The molecular formula is C12H20N2O3S. The van der Waals surface area contributed by atoms with Crippen LogP contribution in [0.15, 0.2) is 29.2 Å². The molecule has 0 spiro atoms. The second-order valence-corrected chi connectivity index (χ2v) is 6.56. The molecule has 6 heteroatoms. The molecule has 1 aromatic rings. The average Bonchev–Trinajstić information content (AvgIpc) is 2.29. The van der Waals surface area contributed by atoms with Gasteiger partial charge in [-0.3, -0.25) is 0 Å². The van der Waals surface area contributed by atoms with Crippen molar-refractivity contribution < 1.29 is 13.2 Å². The van der Waals surface area contributed by atoms with E-state index in [-0.39, 0.29) is 10.4 Å². The molecule has 0 atom stereocenters. The van der Waals surface area contributed by atoms with Crippen molar-refractivity contribution in [3.05, 3.63) is 24.3 Å². The number of sulfonamides is 1. The van der Waals surface area contributed by atoms with Crippen LogP contribution < -0.4 is 10.0 Å². The van der Waals surface area contributed by atoms with Crippen LogP contribution in [0.4, 0.5) is 5.69 Å². The van der Waals surface area contributed by atoms with Crippen LogP contribution in [-0.2, 0) is 14.8 Å². The van der Waals surface area contributed by atoms with Crippen LogP contribution in [0.25, 0.3) is 0 Å². The highest BCUT2D eigenvalue weighted by molar-refractivity contribution is 7.89. The number of anilines is 1. The minimum absolute atomic E-state index is 0.210. The molecule has 102 valence electrons. The number of rotatable bonds is 6. The second kappa shape index (κ2) is 5.69. The SMILES string of the molecule is CNS(=O)(=O)c1ccc(NC(C)(C)COC)cc1. The van der Waals surface area contributed by atoms with Crippen LogP contribution in [-0.4, -0.2) is 34.7 Å². The highest BCUT2D eigenvalue weighted by Gasteiger charge is 2.17. The Balaban J connectivity index is 2.84. The average molecular weight is 272 g/mol. The van der Waals surface area contributed by atoms with E-state index in [1.807, 2.05) is 13.8 Å². The molecule has 1 aromatic carbocycles. The first-order chi connectivity index (χ1) is 8.30. The van der Waals surface area contributed by atoms with Gasteiger partial charge in [0.15, 0.2) is 0 Å². The fourth-order valence-corrected chi connectivity index (χ4v) is 2.35. The molecule has 0 radical (unpaired) electrons. The van der Waals surface area contributed by atoms with Gasteiger partial charge in [0.05, 0.1) is 17.0 Å². The summed E-state index contributed by atoms with van der Waals surface area (Å²) >= 11 is 0. The Morgan fingerprint density at radius 3 is 2.22 bits per heavy atom. The molecule has 0 bridgehead atoms.